The molecule has 0 aliphatic heterocycles. The van der Waals surface area contributed by atoms with Crippen LogP contribution in [0.3, 0.4) is 0 Å². The molecule has 302 valence electrons. The quantitative estimate of drug-likeness (QED) is 0.0293. The smallest absolute Gasteiger partial charge is 0.362 e. The molecule has 1 N–H and O–H groups in total. The van der Waals surface area contributed by atoms with Crippen LogP contribution in [0, 0.1) is 0 Å². The number of hydrogen-bond acceptors (Lipinski definition) is 6. The number of aliphatic carboxylic acids is 1. The molecule has 0 saturated carbocycles. The van der Waals surface area contributed by atoms with Gasteiger partial charge in [-0.15, -0.1) is 0 Å². The lowest BCUT2D eigenvalue weighted by Gasteiger charge is -2.31. The van der Waals surface area contributed by atoms with Crippen LogP contribution in [0.15, 0.2) is 36.5 Å². The molecule has 0 spiro atoms. The molecule has 0 amide bonds. The molecule has 52 heavy (non-hydrogen) atoms. The third kappa shape index (κ3) is 33.4. The van der Waals surface area contributed by atoms with Gasteiger partial charge in [-0.05, 0) is 32.1 Å². The van der Waals surface area contributed by atoms with Crippen LogP contribution in [0.25, 0.3) is 0 Å². The predicted octanol–water partition coefficient (Wildman–Crippen LogP) is 11.1. The number of quaternary nitrogens is 1. The maximum absolute atomic E-state index is 12.7. The molecule has 0 saturated heterocycles. The normalized spacial score (nSPS) is 13.3. The van der Waals surface area contributed by atoms with Gasteiger partial charge in [-0.1, -0.05) is 159 Å². The molecule has 0 aliphatic rings. The largest absolute Gasteiger partial charge is 0.477 e. The highest BCUT2D eigenvalue weighted by atomic mass is 16.6. The average Bonchev–Trinajstić information content (AvgIpc) is 3.09. The van der Waals surface area contributed by atoms with E-state index < -0.39 is 18.1 Å². The summed E-state index contributed by atoms with van der Waals surface area (Å²) < 4.78 is 17.2. The van der Waals surface area contributed by atoms with Crippen molar-refractivity contribution in [1.29, 1.82) is 0 Å². The molecule has 0 rings (SSSR count). The summed E-state index contributed by atoms with van der Waals surface area (Å²) in [4.78, 5) is 36.9. The summed E-state index contributed by atoms with van der Waals surface area (Å²) in [7, 11) is 5.52. The monoisotopic (exact) mass is 735 g/mol. The number of nitrogens with zero attached hydrogens (tertiary/aromatic N) is 1. The molecule has 0 aromatic rings. The van der Waals surface area contributed by atoms with E-state index in [-0.39, 0.29) is 36.2 Å². The Labute approximate surface area is 319 Å². The maximum Gasteiger partial charge on any atom is 0.362 e. The molecule has 0 bridgehead atoms. The molecule has 0 aromatic heterocycles. The Morgan fingerprint density at radius 1 is 0.596 bits per heavy atom. The highest BCUT2D eigenvalue weighted by molar-refractivity contribution is 5.72. The van der Waals surface area contributed by atoms with Gasteiger partial charge in [-0.25, -0.2) is 4.79 Å². The van der Waals surface area contributed by atoms with E-state index in [2.05, 4.69) is 50.3 Å². The summed E-state index contributed by atoms with van der Waals surface area (Å²) in [5, 5.41) is 9.60. The minimum Gasteiger partial charge on any atom is -0.477 e. The van der Waals surface area contributed by atoms with Crippen molar-refractivity contribution >= 4 is 17.9 Å². The van der Waals surface area contributed by atoms with E-state index in [1.807, 2.05) is 21.1 Å². The van der Waals surface area contributed by atoms with Gasteiger partial charge in [0.25, 0.3) is 0 Å². The number of hydrogen-bond donors (Lipinski definition) is 1. The molecule has 0 heterocycles. The van der Waals surface area contributed by atoms with Crippen LogP contribution in [0.1, 0.15) is 174 Å². The fourth-order valence-electron chi connectivity index (χ4n) is 6.09. The van der Waals surface area contributed by atoms with Crippen molar-refractivity contribution in [2.24, 2.45) is 0 Å². The van der Waals surface area contributed by atoms with Gasteiger partial charge in [0.1, 0.15) is 6.61 Å². The van der Waals surface area contributed by atoms with Gasteiger partial charge in [0.05, 0.1) is 34.4 Å². The molecule has 0 fully saturated rings. The number of rotatable bonds is 37. The number of likely N-dealkylation sites (N-methyl/N-ethyl adjacent to an activating group) is 1. The zero-order chi connectivity index (χ0) is 38.5. The maximum atomic E-state index is 12.7. The molecule has 0 radical (unpaired) electrons. The molecule has 0 aromatic carbocycles. The molecule has 2 atom stereocenters. The van der Waals surface area contributed by atoms with Gasteiger partial charge < -0.3 is 23.8 Å². The van der Waals surface area contributed by atoms with Gasteiger partial charge in [-0.2, -0.15) is 0 Å². The molecule has 0 aliphatic carbocycles. The minimum atomic E-state index is -0.877. The summed E-state index contributed by atoms with van der Waals surface area (Å²) in [6.07, 6.45) is 38.9. The van der Waals surface area contributed by atoms with Gasteiger partial charge in [0.15, 0.2) is 12.1 Å². The minimum absolute atomic E-state index is 0.0550. The van der Waals surface area contributed by atoms with Crippen LogP contribution in [-0.2, 0) is 28.6 Å². The molecular formula is C44H80NO7+. The lowest BCUT2D eigenvalue weighted by molar-refractivity contribution is -0.887. The SMILES string of the molecule is CC/C=C/C=C/C=C/CCCCCCCCCC(=O)OCC(COCCC(C(=O)O)[N+](C)(C)C)OC(=O)CCCCCCCCCCCCCCC. The Hall–Kier alpha value is -2.45. The van der Waals surface area contributed by atoms with Crippen molar-refractivity contribution in [3.63, 3.8) is 0 Å². The first-order valence-corrected chi connectivity index (χ1v) is 21.1. The number of carboxylic acid groups (broad SMARTS) is 1. The third-order valence-electron chi connectivity index (χ3n) is 9.37. The van der Waals surface area contributed by atoms with E-state index in [0.717, 1.165) is 51.4 Å². The van der Waals surface area contributed by atoms with Gasteiger partial charge in [0.2, 0.25) is 0 Å². The molecular weight excluding hydrogens is 654 g/mol. The third-order valence-corrected chi connectivity index (χ3v) is 9.37. The fraction of sp³-hybridized carbons (Fsp3) is 0.795. The Kier molecular flexibility index (Phi) is 33.9. The number of carbonyl (C=O) groups is 3. The van der Waals surface area contributed by atoms with E-state index in [1.165, 1.54) is 89.9 Å². The highest BCUT2D eigenvalue weighted by Gasteiger charge is 2.31. The Balaban J connectivity index is 4.37. The summed E-state index contributed by atoms with van der Waals surface area (Å²) in [6, 6.07) is -0.614. The number of esters is 2. The Morgan fingerprint density at radius 2 is 1.08 bits per heavy atom. The standard InChI is InChI=1S/C44H79NO7/c1-6-8-10-12-14-16-18-20-21-23-24-26-28-30-32-34-42(46)51-39-40(38-50-37-36-41(44(48)49)45(3,4)5)52-43(47)35-33-31-29-27-25-22-19-17-15-13-11-9-7-2/h8,10,12,14,16,18,40-41H,6-7,9,11,13,15,17,19-39H2,1-5H3/p+1/b10-8+,14-12+,18-16+. The Bertz CT molecular complexity index is 953. The summed E-state index contributed by atoms with van der Waals surface area (Å²) in [5.41, 5.74) is 0. The van der Waals surface area contributed by atoms with E-state index in [0.29, 0.717) is 19.3 Å². The lowest BCUT2D eigenvalue weighted by atomic mass is 10.0. The topological polar surface area (TPSA) is 99.1 Å². The van der Waals surface area contributed by atoms with Gasteiger partial charge >= 0.3 is 17.9 Å². The molecule has 2 unspecified atom stereocenters. The van der Waals surface area contributed by atoms with Crippen molar-refractivity contribution in [3.8, 4) is 0 Å². The van der Waals surface area contributed by atoms with E-state index in [1.54, 1.807) is 0 Å². The van der Waals surface area contributed by atoms with Crippen molar-refractivity contribution < 1.29 is 38.2 Å². The lowest BCUT2D eigenvalue weighted by Crippen LogP contribution is -2.50. The summed E-state index contributed by atoms with van der Waals surface area (Å²) in [5.74, 6) is -1.48. The number of carbonyl (C=O) groups excluding carboxylic acids is 2. The van der Waals surface area contributed by atoms with Crippen LogP contribution in [0.4, 0.5) is 0 Å². The average molecular weight is 735 g/mol. The van der Waals surface area contributed by atoms with Crippen LogP contribution >= 0.6 is 0 Å². The zero-order valence-electron chi connectivity index (χ0n) is 34.3. The number of ether oxygens (including phenoxy) is 3. The van der Waals surface area contributed by atoms with Crippen molar-refractivity contribution in [3.05, 3.63) is 36.5 Å². The first-order valence-electron chi connectivity index (χ1n) is 21.1. The first kappa shape index (κ1) is 49.6. The van der Waals surface area contributed by atoms with Crippen molar-refractivity contribution in [2.75, 3.05) is 41.0 Å². The predicted molar refractivity (Wildman–Crippen MR) is 215 cm³/mol. The Morgan fingerprint density at radius 3 is 1.58 bits per heavy atom. The second kappa shape index (κ2) is 35.6. The molecule has 8 nitrogen and oxygen atoms in total. The van der Waals surface area contributed by atoms with Gasteiger partial charge in [-0.3, -0.25) is 9.59 Å². The van der Waals surface area contributed by atoms with E-state index >= 15 is 0 Å². The van der Waals surface area contributed by atoms with Crippen molar-refractivity contribution in [1.82, 2.24) is 0 Å². The second-order valence-corrected chi connectivity index (χ2v) is 15.3. The second-order valence-electron chi connectivity index (χ2n) is 15.3. The fourth-order valence-corrected chi connectivity index (χ4v) is 6.09. The highest BCUT2D eigenvalue weighted by Crippen LogP contribution is 2.15. The molecule has 8 heteroatoms. The number of allylic oxidation sites excluding steroid dienone is 6. The number of unbranched alkanes of at least 4 members (excludes halogenated alkanes) is 19. The zero-order valence-corrected chi connectivity index (χ0v) is 34.3. The van der Waals surface area contributed by atoms with Gasteiger partial charge in [0, 0.05) is 19.3 Å². The van der Waals surface area contributed by atoms with Crippen LogP contribution in [-0.4, -0.2) is 80.6 Å². The summed E-state index contributed by atoms with van der Waals surface area (Å²) in [6.45, 7) is 4.59. The van der Waals surface area contributed by atoms with Crippen LogP contribution < -0.4 is 0 Å². The summed E-state index contributed by atoms with van der Waals surface area (Å²) >= 11 is 0. The van der Waals surface area contributed by atoms with Crippen LogP contribution in [0.2, 0.25) is 0 Å². The van der Waals surface area contributed by atoms with E-state index in [4.69, 9.17) is 14.2 Å². The van der Waals surface area contributed by atoms with Crippen LogP contribution in [0.5, 0.6) is 0 Å². The first-order chi connectivity index (χ1) is 25.1. The van der Waals surface area contributed by atoms with E-state index in [9.17, 15) is 19.5 Å². The number of carboxylic acids is 1. The van der Waals surface area contributed by atoms with Crippen molar-refractivity contribution in [2.45, 2.75) is 187 Å².